The highest BCUT2D eigenvalue weighted by Crippen LogP contribution is 2.26. The van der Waals surface area contributed by atoms with Crippen LogP contribution in [-0.4, -0.2) is 22.3 Å². The van der Waals surface area contributed by atoms with Crippen LogP contribution in [0, 0.1) is 5.92 Å². The quantitative estimate of drug-likeness (QED) is 0.911. The number of rotatable bonds is 3. The molecule has 1 aliphatic carbocycles. The second-order valence-electron chi connectivity index (χ2n) is 6.03. The SMILES string of the molecule is Cn1c(=O)cc(NCC2CCC(O)CC2)c2ccccc21. The van der Waals surface area contributed by atoms with Crippen molar-refractivity contribution in [2.45, 2.75) is 31.8 Å². The average Bonchev–Trinajstić information content (AvgIpc) is 2.51. The van der Waals surface area contributed by atoms with Crippen molar-refractivity contribution in [3.63, 3.8) is 0 Å². The van der Waals surface area contributed by atoms with E-state index in [2.05, 4.69) is 5.32 Å². The van der Waals surface area contributed by atoms with Gasteiger partial charge in [0.1, 0.15) is 0 Å². The molecule has 1 aromatic carbocycles. The fraction of sp³-hybridized carbons (Fsp3) is 0.471. The fourth-order valence-electron chi connectivity index (χ4n) is 3.16. The van der Waals surface area contributed by atoms with E-state index in [1.165, 1.54) is 0 Å². The van der Waals surface area contributed by atoms with E-state index in [0.29, 0.717) is 5.92 Å². The van der Waals surface area contributed by atoms with Crippen LogP contribution in [-0.2, 0) is 7.05 Å². The molecule has 4 heteroatoms. The molecule has 0 unspecified atom stereocenters. The van der Waals surface area contributed by atoms with Gasteiger partial charge >= 0.3 is 0 Å². The van der Waals surface area contributed by atoms with Gasteiger partial charge in [-0.2, -0.15) is 0 Å². The summed E-state index contributed by atoms with van der Waals surface area (Å²) < 4.78 is 1.68. The molecule has 2 aromatic rings. The summed E-state index contributed by atoms with van der Waals surface area (Å²) in [5.41, 5.74) is 1.88. The summed E-state index contributed by atoms with van der Waals surface area (Å²) in [4.78, 5) is 12.0. The maximum atomic E-state index is 12.0. The lowest BCUT2D eigenvalue weighted by molar-refractivity contribution is 0.111. The van der Waals surface area contributed by atoms with Gasteiger partial charge in [0, 0.05) is 30.7 Å². The van der Waals surface area contributed by atoms with E-state index in [1.807, 2.05) is 24.3 Å². The van der Waals surface area contributed by atoms with E-state index in [1.54, 1.807) is 17.7 Å². The summed E-state index contributed by atoms with van der Waals surface area (Å²) in [6.45, 7) is 0.865. The van der Waals surface area contributed by atoms with Gasteiger partial charge in [0.05, 0.1) is 11.6 Å². The van der Waals surface area contributed by atoms with Gasteiger partial charge in [0.15, 0.2) is 0 Å². The fourth-order valence-corrected chi connectivity index (χ4v) is 3.16. The molecule has 2 N–H and O–H groups in total. The van der Waals surface area contributed by atoms with Crippen molar-refractivity contribution >= 4 is 16.6 Å². The molecule has 0 atom stereocenters. The van der Waals surface area contributed by atoms with Gasteiger partial charge in [-0.3, -0.25) is 4.79 Å². The minimum absolute atomic E-state index is 0.00951. The first-order valence-electron chi connectivity index (χ1n) is 7.66. The number of para-hydroxylation sites is 1. The van der Waals surface area contributed by atoms with Crippen molar-refractivity contribution in [2.75, 3.05) is 11.9 Å². The number of benzene rings is 1. The topological polar surface area (TPSA) is 54.3 Å². The van der Waals surface area contributed by atoms with Gasteiger partial charge in [0.25, 0.3) is 5.56 Å². The van der Waals surface area contributed by atoms with Crippen LogP contribution in [0.5, 0.6) is 0 Å². The lowest BCUT2D eigenvalue weighted by Gasteiger charge is -2.26. The Morgan fingerprint density at radius 3 is 2.71 bits per heavy atom. The Morgan fingerprint density at radius 1 is 1.24 bits per heavy atom. The molecule has 112 valence electrons. The molecule has 0 bridgehead atoms. The lowest BCUT2D eigenvalue weighted by Crippen LogP contribution is -2.24. The maximum Gasteiger partial charge on any atom is 0.252 e. The first kappa shape index (κ1) is 14.1. The molecule has 1 aliphatic rings. The van der Waals surface area contributed by atoms with E-state index in [0.717, 1.165) is 48.8 Å². The first-order valence-corrected chi connectivity index (χ1v) is 7.66. The van der Waals surface area contributed by atoms with Crippen LogP contribution in [0.4, 0.5) is 5.69 Å². The molecule has 1 fully saturated rings. The van der Waals surface area contributed by atoms with E-state index < -0.39 is 0 Å². The summed E-state index contributed by atoms with van der Waals surface area (Å²) in [5.74, 6) is 0.580. The van der Waals surface area contributed by atoms with Gasteiger partial charge in [-0.15, -0.1) is 0 Å². The monoisotopic (exact) mass is 286 g/mol. The Labute approximate surface area is 124 Å². The minimum Gasteiger partial charge on any atom is -0.393 e. The Morgan fingerprint density at radius 2 is 1.95 bits per heavy atom. The number of hydrogen-bond acceptors (Lipinski definition) is 3. The van der Waals surface area contributed by atoms with E-state index in [4.69, 9.17) is 0 Å². The number of aliphatic hydroxyl groups excluding tert-OH is 1. The number of aromatic nitrogens is 1. The molecule has 0 saturated heterocycles. The van der Waals surface area contributed by atoms with Crippen molar-refractivity contribution in [2.24, 2.45) is 13.0 Å². The lowest BCUT2D eigenvalue weighted by atomic mass is 9.87. The highest BCUT2D eigenvalue weighted by Gasteiger charge is 2.19. The normalized spacial score (nSPS) is 22.4. The third-order valence-corrected chi connectivity index (χ3v) is 4.55. The molecular formula is C17H22N2O2. The van der Waals surface area contributed by atoms with Crippen LogP contribution in [0.1, 0.15) is 25.7 Å². The van der Waals surface area contributed by atoms with Crippen molar-refractivity contribution in [1.29, 1.82) is 0 Å². The minimum atomic E-state index is -0.119. The third kappa shape index (κ3) is 2.95. The molecule has 0 spiro atoms. The summed E-state index contributed by atoms with van der Waals surface area (Å²) >= 11 is 0. The molecule has 21 heavy (non-hydrogen) atoms. The number of fused-ring (bicyclic) bond motifs is 1. The van der Waals surface area contributed by atoms with Crippen molar-refractivity contribution in [3.05, 3.63) is 40.7 Å². The van der Waals surface area contributed by atoms with Crippen molar-refractivity contribution in [3.8, 4) is 0 Å². The zero-order valence-electron chi connectivity index (χ0n) is 12.4. The van der Waals surface area contributed by atoms with E-state index in [-0.39, 0.29) is 11.7 Å². The number of nitrogens with zero attached hydrogens (tertiary/aromatic N) is 1. The predicted molar refractivity (Wildman–Crippen MR) is 85.6 cm³/mol. The number of aryl methyl sites for hydroxylation is 1. The zero-order valence-corrected chi connectivity index (χ0v) is 12.4. The second-order valence-corrected chi connectivity index (χ2v) is 6.03. The molecule has 0 amide bonds. The number of hydrogen-bond donors (Lipinski definition) is 2. The second kappa shape index (κ2) is 5.90. The standard InChI is InChI=1S/C17H22N2O2/c1-19-16-5-3-2-4-14(16)15(10-17(19)21)18-11-12-6-8-13(20)9-7-12/h2-5,10,12-13,18,20H,6-9,11H2,1H3. The average molecular weight is 286 g/mol. The first-order chi connectivity index (χ1) is 10.1. The third-order valence-electron chi connectivity index (χ3n) is 4.55. The van der Waals surface area contributed by atoms with Gasteiger partial charge in [-0.05, 0) is 37.7 Å². The smallest absolute Gasteiger partial charge is 0.252 e. The van der Waals surface area contributed by atoms with Gasteiger partial charge in [0.2, 0.25) is 0 Å². The summed E-state index contributed by atoms with van der Waals surface area (Å²) in [6, 6.07) is 9.64. The molecule has 1 saturated carbocycles. The molecule has 3 rings (SSSR count). The van der Waals surface area contributed by atoms with E-state index in [9.17, 15) is 9.90 Å². The molecular weight excluding hydrogens is 264 g/mol. The molecule has 0 radical (unpaired) electrons. The Hall–Kier alpha value is -1.81. The van der Waals surface area contributed by atoms with E-state index >= 15 is 0 Å². The Balaban J connectivity index is 1.81. The number of nitrogens with one attached hydrogen (secondary N) is 1. The molecule has 1 heterocycles. The number of anilines is 1. The van der Waals surface area contributed by atoms with Gasteiger partial charge in [-0.1, -0.05) is 18.2 Å². The predicted octanol–water partition coefficient (Wildman–Crippen LogP) is 2.50. The van der Waals surface area contributed by atoms with Crippen LogP contribution in [0.3, 0.4) is 0 Å². The summed E-state index contributed by atoms with van der Waals surface area (Å²) in [6.07, 6.45) is 3.77. The largest absolute Gasteiger partial charge is 0.393 e. The van der Waals surface area contributed by atoms with Crippen LogP contribution in [0.15, 0.2) is 35.1 Å². The highest BCUT2D eigenvalue weighted by molar-refractivity contribution is 5.91. The Kier molecular flexibility index (Phi) is 3.97. The van der Waals surface area contributed by atoms with Gasteiger partial charge < -0.3 is 15.0 Å². The van der Waals surface area contributed by atoms with Crippen LogP contribution >= 0.6 is 0 Å². The van der Waals surface area contributed by atoms with Crippen molar-refractivity contribution in [1.82, 2.24) is 4.57 Å². The van der Waals surface area contributed by atoms with Gasteiger partial charge in [-0.25, -0.2) is 0 Å². The van der Waals surface area contributed by atoms with Crippen LogP contribution < -0.4 is 10.9 Å². The molecule has 4 nitrogen and oxygen atoms in total. The summed E-state index contributed by atoms with van der Waals surface area (Å²) in [7, 11) is 1.80. The maximum absolute atomic E-state index is 12.0. The number of aliphatic hydroxyl groups is 1. The van der Waals surface area contributed by atoms with Crippen LogP contribution in [0.25, 0.3) is 10.9 Å². The number of pyridine rings is 1. The van der Waals surface area contributed by atoms with Crippen LogP contribution in [0.2, 0.25) is 0 Å². The molecule has 1 aromatic heterocycles. The highest BCUT2D eigenvalue weighted by atomic mass is 16.3. The van der Waals surface area contributed by atoms with Crippen molar-refractivity contribution < 1.29 is 5.11 Å². The molecule has 0 aliphatic heterocycles. The zero-order chi connectivity index (χ0) is 14.8. The summed E-state index contributed by atoms with van der Waals surface area (Å²) in [5, 5.41) is 14.1. The Bertz CT molecular complexity index is 685.